The second-order valence-corrected chi connectivity index (χ2v) is 6.61. The topological polar surface area (TPSA) is 67.9 Å². The van der Waals surface area contributed by atoms with Crippen LogP contribution in [0.1, 0.15) is 16.1 Å². The maximum atomic E-state index is 12.8. The Labute approximate surface area is 159 Å². The SMILES string of the molecule is N#Cc1ccc(OC(=O)c2cc(-c3cccs3)nn2-c2ccccc2)cc1. The largest absolute Gasteiger partial charge is 0.422 e. The predicted octanol–water partition coefficient (Wildman–Crippen LogP) is 4.69. The summed E-state index contributed by atoms with van der Waals surface area (Å²) in [4.78, 5) is 13.8. The van der Waals surface area contributed by atoms with Gasteiger partial charge in [0.05, 0.1) is 22.2 Å². The number of hydrogen-bond acceptors (Lipinski definition) is 5. The molecule has 27 heavy (non-hydrogen) atoms. The Bertz CT molecular complexity index is 1110. The Hall–Kier alpha value is -3.69. The molecule has 2 aromatic carbocycles. The fourth-order valence-electron chi connectivity index (χ4n) is 2.59. The van der Waals surface area contributed by atoms with Crippen LogP contribution in [0.5, 0.6) is 5.75 Å². The molecule has 0 amide bonds. The Kier molecular flexibility index (Phi) is 4.52. The molecule has 0 saturated heterocycles. The number of thiophene rings is 1. The standard InChI is InChI=1S/C21H13N3O2S/c22-14-15-8-10-17(11-9-15)26-21(25)19-13-18(20-7-4-12-27-20)23-24(19)16-5-2-1-3-6-16/h1-13H. The van der Waals surface area contributed by atoms with E-state index < -0.39 is 5.97 Å². The van der Waals surface area contributed by atoms with E-state index in [1.54, 1.807) is 46.4 Å². The molecule has 0 spiro atoms. The lowest BCUT2D eigenvalue weighted by Crippen LogP contribution is -2.14. The average Bonchev–Trinajstić information content (AvgIpc) is 3.39. The van der Waals surface area contributed by atoms with Gasteiger partial charge in [-0.2, -0.15) is 10.4 Å². The van der Waals surface area contributed by atoms with Crippen molar-refractivity contribution in [2.45, 2.75) is 0 Å². The predicted molar refractivity (Wildman–Crippen MR) is 103 cm³/mol. The molecule has 0 radical (unpaired) electrons. The van der Waals surface area contributed by atoms with Crippen LogP contribution in [-0.2, 0) is 0 Å². The number of carbonyl (C=O) groups excluding carboxylic acids is 1. The Morgan fingerprint density at radius 2 is 1.81 bits per heavy atom. The molecule has 0 aliphatic rings. The van der Waals surface area contributed by atoms with Gasteiger partial charge in [-0.15, -0.1) is 11.3 Å². The van der Waals surface area contributed by atoms with Crippen LogP contribution in [0.25, 0.3) is 16.3 Å². The third-order valence-corrected chi connectivity index (χ3v) is 4.78. The van der Waals surface area contributed by atoms with E-state index in [-0.39, 0.29) is 0 Å². The maximum Gasteiger partial charge on any atom is 0.362 e. The molecule has 4 rings (SSSR count). The summed E-state index contributed by atoms with van der Waals surface area (Å²) in [6, 6.07) is 23.5. The van der Waals surface area contributed by atoms with Gasteiger partial charge in [-0.1, -0.05) is 24.3 Å². The number of nitrogens with zero attached hydrogens (tertiary/aromatic N) is 3. The summed E-state index contributed by atoms with van der Waals surface area (Å²) in [5.74, 6) is -0.142. The van der Waals surface area contributed by atoms with Gasteiger partial charge in [-0.3, -0.25) is 0 Å². The summed E-state index contributed by atoms with van der Waals surface area (Å²) >= 11 is 1.55. The highest BCUT2D eigenvalue weighted by Gasteiger charge is 2.20. The van der Waals surface area contributed by atoms with Gasteiger partial charge in [0.1, 0.15) is 11.4 Å². The molecule has 0 aliphatic heterocycles. The zero-order valence-corrected chi connectivity index (χ0v) is 14.9. The van der Waals surface area contributed by atoms with Crippen LogP contribution in [0, 0.1) is 11.3 Å². The first-order valence-electron chi connectivity index (χ1n) is 8.16. The van der Waals surface area contributed by atoms with E-state index in [0.29, 0.717) is 22.7 Å². The van der Waals surface area contributed by atoms with E-state index in [1.807, 2.05) is 53.9 Å². The van der Waals surface area contributed by atoms with Crippen LogP contribution in [-0.4, -0.2) is 15.7 Å². The number of ether oxygens (including phenoxy) is 1. The van der Waals surface area contributed by atoms with Crippen LogP contribution in [0.3, 0.4) is 0 Å². The van der Waals surface area contributed by atoms with Crippen molar-refractivity contribution in [3.63, 3.8) is 0 Å². The van der Waals surface area contributed by atoms with Crippen LogP contribution in [0.15, 0.2) is 78.2 Å². The van der Waals surface area contributed by atoms with Crippen LogP contribution in [0.2, 0.25) is 0 Å². The summed E-state index contributed by atoms with van der Waals surface area (Å²) < 4.78 is 7.07. The second kappa shape index (κ2) is 7.28. The number of esters is 1. The van der Waals surface area contributed by atoms with Crippen molar-refractivity contribution in [1.82, 2.24) is 9.78 Å². The lowest BCUT2D eigenvalue weighted by Gasteiger charge is -2.07. The minimum atomic E-state index is -0.515. The molecular weight excluding hydrogens is 358 g/mol. The van der Waals surface area contributed by atoms with Crippen LogP contribution in [0.4, 0.5) is 0 Å². The van der Waals surface area contributed by atoms with Crippen molar-refractivity contribution in [3.05, 3.63) is 89.4 Å². The first-order valence-corrected chi connectivity index (χ1v) is 9.04. The summed E-state index contributed by atoms with van der Waals surface area (Å²) in [6.07, 6.45) is 0. The van der Waals surface area contributed by atoms with Gasteiger partial charge in [0, 0.05) is 6.07 Å². The molecule has 2 heterocycles. The fourth-order valence-corrected chi connectivity index (χ4v) is 3.28. The molecule has 0 atom stereocenters. The van der Waals surface area contributed by atoms with Gasteiger partial charge in [-0.05, 0) is 47.8 Å². The maximum absolute atomic E-state index is 12.8. The molecule has 130 valence electrons. The minimum Gasteiger partial charge on any atom is -0.422 e. The highest BCUT2D eigenvalue weighted by atomic mass is 32.1. The summed E-state index contributed by atoms with van der Waals surface area (Å²) in [6.45, 7) is 0. The van der Waals surface area contributed by atoms with Gasteiger partial charge < -0.3 is 4.74 Å². The average molecular weight is 371 g/mol. The number of rotatable bonds is 4. The van der Waals surface area contributed by atoms with Gasteiger partial charge >= 0.3 is 5.97 Å². The van der Waals surface area contributed by atoms with Gasteiger partial charge in [-0.25, -0.2) is 9.48 Å². The first-order chi connectivity index (χ1) is 13.2. The van der Waals surface area contributed by atoms with Crippen molar-refractivity contribution in [3.8, 4) is 28.1 Å². The lowest BCUT2D eigenvalue weighted by molar-refractivity contribution is 0.0725. The number of nitriles is 1. The van der Waals surface area contributed by atoms with E-state index in [0.717, 1.165) is 10.6 Å². The normalized spacial score (nSPS) is 10.3. The zero-order chi connectivity index (χ0) is 18.6. The van der Waals surface area contributed by atoms with E-state index in [4.69, 9.17) is 10.00 Å². The Balaban J connectivity index is 1.71. The van der Waals surface area contributed by atoms with Crippen molar-refractivity contribution < 1.29 is 9.53 Å². The highest BCUT2D eigenvalue weighted by Crippen LogP contribution is 2.26. The summed E-state index contributed by atoms with van der Waals surface area (Å²) in [5, 5.41) is 15.4. The molecule has 6 heteroatoms. The van der Waals surface area contributed by atoms with Crippen LogP contribution < -0.4 is 4.74 Å². The second-order valence-electron chi connectivity index (χ2n) is 5.67. The molecule has 0 aliphatic carbocycles. The number of hydrogen-bond donors (Lipinski definition) is 0. The number of aromatic nitrogens is 2. The third-order valence-electron chi connectivity index (χ3n) is 3.89. The van der Waals surface area contributed by atoms with E-state index in [1.165, 1.54) is 0 Å². The monoisotopic (exact) mass is 371 g/mol. The minimum absolute atomic E-state index is 0.328. The quantitative estimate of drug-likeness (QED) is 0.385. The molecule has 0 bridgehead atoms. The molecule has 0 fully saturated rings. The molecule has 4 aromatic rings. The number of benzene rings is 2. The Morgan fingerprint density at radius 1 is 1.04 bits per heavy atom. The molecule has 0 unspecified atom stereocenters. The molecular formula is C21H13N3O2S. The zero-order valence-electron chi connectivity index (χ0n) is 14.1. The Morgan fingerprint density at radius 3 is 2.48 bits per heavy atom. The highest BCUT2D eigenvalue weighted by molar-refractivity contribution is 7.13. The van der Waals surface area contributed by atoms with Gasteiger partial charge in [0.25, 0.3) is 0 Å². The number of para-hydroxylation sites is 1. The fraction of sp³-hybridized carbons (Fsp3) is 0. The van der Waals surface area contributed by atoms with E-state index >= 15 is 0 Å². The lowest BCUT2D eigenvalue weighted by atomic mass is 10.2. The van der Waals surface area contributed by atoms with Crippen molar-refractivity contribution in [1.29, 1.82) is 5.26 Å². The molecule has 0 saturated carbocycles. The van der Waals surface area contributed by atoms with Crippen molar-refractivity contribution in [2.24, 2.45) is 0 Å². The van der Waals surface area contributed by atoms with Crippen LogP contribution >= 0.6 is 11.3 Å². The number of carbonyl (C=O) groups is 1. The third kappa shape index (κ3) is 3.50. The smallest absolute Gasteiger partial charge is 0.362 e. The van der Waals surface area contributed by atoms with Gasteiger partial charge in [0.15, 0.2) is 5.69 Å². The van der Waals surface area contributed by atoms with Crippen molar-refractivity contribution >= 4 is 17.3 Å². The van der Waals surface area contributed by atoms with Gasteiger partial charge in [0.2, 0.25) is 0 Å². The first kappa shape index (κ1) is 16.8. The summed E-state index contributed by atoms with van der Waals surface area (Å²) in [5.41, 5.74) is 2.31. The molecule has 2 aromatic heterocycles. The summed E-state index contributed by atoms with van der Waals surface area (Å²) in [7, 11) is 0. The van der Waals surface area contributed by atoms with E-state index in [9.17, 15) is 4.79 Å². The van der Waals surface area contributed by atoms with Crippen molar-refractivity contribution in [2.75, 3.05) is 0 Å². The molecule has 5 nitrogen and oxygen atoms in total. The van der Waals surface area contributed by atoms with E-state index in [2.05, 4.69) is 5.10 Å². The molecule has 0 N–H and O–H groups in total.